The first-order valence-electron chi connectivity index (χ1n) is 10.6. The molecule has 0 radical (unpaired) electrons. The second-order valence-electron chi connectivity index (χ2n) is 7.68. The van der Waals surface area contributed by atoms with Gasteiger partial charge in [-0.2, -0.15) is 4.31 Å². The Hall–Kier alpha value is -2.55. The predicted molar refractivity (Wildman–Crippen MR) is 124 cm³/mol. The van der Waals surface area contributed by atoms with Gasteiger partial charge in [-0.15, -0.1) is 0 Å². The molecule has 1 aromatic heterocycles. The molecular weight excluding hydrogens is 452 g/mol. The van der Waals surface area contributed by atoms with Crippen molar-refractivity contribution in [1.29, 1.82) is 0 Å². The van der Waals surface area contributed by atoms with Gasteiger partial charge in [0.15, 0.2) is 11.3 Å². The van der Waals surface area contributed by atoms with E-state index in [0.29, 0.717) is 41.6 Å². The maximum absolute atomic E-state index is 13.1. The van der Waals surface area contributed by atoms with Crippen molar-refractivity contribution in [1.82, 2.24) is 4.31 Å². The molecule has 4 rings (SSSR count). The third-order valence-electron chi connectivity index (χ3n) is 5.57. The number of nitrogens with zero attached hydrogens (tertiary/aromatic N) is 1. The Morgan fingerprint density at radius 2 is 1.94 bits per heavy atom. The predicted octanol–water partition coefficient (Wildman–Crippen LogP) is 5.22. The molecule has 0 saturated carbocycles. The van der Waals surface area contributed by atoms with Crippen LogP contribution in [0.4, 0.5) is 5.69 Å². The molecule has 0 bridgehead atoms. The zero-order chi connectivity index (χ0) is 22.9. The van der Waals surface area contributed by atoms with Gasteiger partial charge in [0.1, 0.15) is 5.75 Å². The summed E-state index contributed by atoms with van der Waals surface area (Å²) >= 11 is 6.20. The number of halogens is 1. The first-order valence-corrected chi connectivity index (χ1v) is 12.4. The summed E-state index contributed by atoms with van der Waals surface area (Å²) in [6, 6.07) is 9.83. The zero-order valence-corrected chi connectivity index (χ0v) is 19.6. The van der Waals surface area contributed by atoms with Crippen molar-refractivity contribution in [2.75, 3.05) is 25.0 Å². The molecule has 1 aliphatic heterocycles. The lowest BCUT2D eigenvalue weighted by Crippen LogP contribution is -2.35. The number of anilines is 1. The molecule has 7 nitrogen and oxygen atoms in total. The van der Waals surface area contributed by atoms with Crippen LogP contribution in [0.3, 0.4) is 0 Å². The molecule has 3 aromatic rings. The lowest BCUT2D eigenvalue weighted by atomic mass is 10.1. The molecule has 0 atom stereocenters. The minimum atomic E-state index is -3.67. The van der Waals surface area contributed by atoms with Crippen LogP contribution >= 0.6 is 11.6 Å². The van der Waals surface area contributed by atoms with Crippen LogP contribution in [0, 0.1) is 6.92 Å². The number of hydrogen-bond donors (Lipinski definition) is 1. The van der Waals surface area contributed by atoms with Crippen LogP contribution in [-0.2, 0) is 10.0 Å². The van der Waals surface area contributed by atoms with Gasteiger partial charge in [-0.3, -0.25) is 4.79 Å². The number of furan rings is 1. The largest absolute Gasteiger partial charge is 0.492 e. The van der Waals surface area contributed by atoms with Gasteiger partial charge in [0, 0.05) is 24.0 Å². The van der Waals surface area contributed by atoms with E-state index in [0.717, 1.165) is 24.6 Å². The topological polar surface area (TPSA) is 88.9 Å². The molecular formula is C23H25ClN2O5S. The average molecular weight is 477 g/mol. The number of amides is 1. The van der Waals surface area contributed by atoms with Gasteiger partial charge >= 0.3 is 0 Å². The highest BCUT2D eigenvalue weighted by Crippen LogP contribution is 2.33. The molecule has 0 unspecified atom stereocenters. The quantitative estimate of drug-likeness (QED) is 0.526. The van der Waals surface area contributed by atoms with Gasteiger partial charge in [-0.1, -0.05) is 30.2 Å². The van der Waals surface area contributed by atoms with Crippen LogP contribution < -0.4 is 10.1 Å². The molecule has 1 aliphatic rings. The highest BCUT2D eigenvalue weighted by molar-refractivity contribution is 7.89. The van der Waals surface area contributed by atoms with E-state index in [1.165, 1.54) is 16.4 Å². The number of hydrogen-bond acceptors (Lipinski definition) is 5. The number of aryl methyl sites for hydroxylation is 1. The van der Waals surface area contributed by atoms with E-state index in [1.807, 2.05) is 13.0 Å². The lowest BCUT2D eigenvalue weighted by molar-refractivity contribution is 0.0997. The average Bonchev–Trinajstić information content (AvgIpc) is 3.13. The summed E-state index contributed by atoms with van der Waals surface area (Å²) in [5, 5.41) is 3.92. The van der Waals surface area contributed by atoms with Gasteiger partial charge < -0.3 is 14.5 Å². The van der Waals surface area contributed by atoms with Crippen molar-refractivity contribution >= 4 is 44.2 Å². The van der Waals surface area contributed by atoms with Gasteiger partial charge in [0.25, 0.3) is 5.91 Å². The minimum Gasteiger partial charge on any atom is -0.492 e. The number of para-hydroxylation sites is 1. The van der Waals surface area contributed by atoms with Crippen LogP contribution in [0.25, 0.3) is 11.0 Å². The summed E-state index contributed by atoms with van der Waals surface area (Å²) in [5.74, 6) is -0.0201. The van der Waals surface area contributed by atoms with E-state index in [1.54, 1.807) is 25.1 Å². The molecule has 1 fully saturated rings. The van der Waals surface area contributed by atoms with E-state index >= 15 is 0 Å². The number of carbonyl (C=O) groups excluding carboxylic acids is 1. The van der Waals surface area contributed by atoms with E-state index in [-0.39, 0.29) is 16.3 Å². The summed E-state index contributed by atoms with van der Waals surface area (Å²) in [7, 11) is -3.67. The number of ether oxygens (including phenoxy) is 1. The molecule has 1 N–H and O–H groups in total. The third-order valence-corrected chi connectivity index (χ3v) is 7.77. The normalized spacial score (nSPS) is 15.1. The van der Waals surface area contributed by atoms with Crippen LogP contribution in [0.2, 0.25) is 5.02 Å². The minimum absolute atomic E-state index is 0.111. The molecule has 1 saturated heterocycles. The van der Waals surface area contributed by atoms with Gasteiger partial charge in [0.05, 0.1) is 22.2 Å². The van der Waals surface area contributed by atoms with Crippen molar-refractivity contribution in [3.05, 3.63) is 52.7 Å². The van der Waals surface area contributed by atoms with Crippen molar-refractivity contribution in [2.45, 2.75) is 38.0 Å². The first kappa shape index (κ1) is 22.6. The first-order chi connectivity index (χ1) is 15.3. The van der Waals surface area contributed by atoms with Crippen LogP contribution in [0.1, 0.15) is 42.3 Å². The van der Waals surface area contributed by atoms with Gasteiger partial charge in [-0.05, 0) is 51.0 Å². The van der Waals surface area contributed by atoms with Crippen molar-refractivity contribution < 1.29 is 22.4 Å². The standard InChI is InChI=1S/C23H25ClN2O5S/c1-3-30-20-11-10-16(32(28,29)26-12-5-4-6-13-26)14-19(20)25-23(27)21-15(2)17-8-7-9-18(24)22(17)31-21/h7-11,14H,3-6,12-13H2,1-2H3,(H,25,27). The smallest absolute Gasteiger partial charge is 0.291 e. The molecule has 170 valence electrons. The Kier molecular flexibility index (Phi) is 6.46. The number of carbonyl (C=O) groups is 1. The highest BCUT2D eigenvalue weighted by Gasteiger charge is 2.27. The fraction of sp³-hybridized carbons (Fsp3) is 0.348. The molecule has 2 aromatic carbocycles. The lowest BCUT2D eigenvalue weighted by Gasteiger charge is -2.26. The maximum Gasteiger partial charge on any atom is 0.291 e. The SMILES string of the molecule is CCOc1ccc(S(=O)(=O)N2CCCCC2)cc1NC(=O)c1oc2c(Cl)cccc2c1C. The molecule has 1 amide bonds. The summed E-state index contributed by atoms with van der Waals surface area (Å²) in [4.78, 5) is 13.2. The summed E-state index contributed by atoms with van der Waals surface area (Å²) in [5.41, 5.74) is 1.35. The fourth-order valence-electron chi connectivity index (χ4n) is 3.91. The van der Waals surface area contributed by atoms with Crippen LogP contribution in [0.15, 0.2) is 45.7 Å². The zero-order valence-electron chi connectivity index (χ0n) is 18.0. The van der Waals surface area contributed by atoms with E-state index in [4.69, 9.17) is 20.8 Å². The number of fused-ring (bicyclic) bond motifs is 1. The molecule has 2 heterocycles. The van der Waals surface area contributed by atoms with Crippen LogP contribution in [0.5, 0.6) is 5.75 Å². The Bertz CT molecular complexity index is 1260. The van der Waals surface area contributed by atoms with E-state index in [9.17, 15) is 13.2 Å². The molecule has 0 spiro atoms. The van der Waals surface area contributed by atoms with E-state index in [2.05, 4.69) is 5.32 Å². The third kappa shape index (κ3) is 4.22. The second kappa shape index (κ2) is 9.13. The Morgan fingerprint density at radius 3 is 2.62 bits per heavy atom. The maximum atomic E-state index is 13.1. The van der Waals surface area contributed by atoms with Crippen LogP contribution in [-0.4, -0.2) is 38.3 Å². The number of benzene rings is 2. The van der Waals surface area contributed by atoms with Gasteiger partial charge in [-0.25, -0.2) is 8.42 Å². The summed E-state index contributed by atoms with van der Waals surface area (Å²) in [6.07, 6.45) is 2.71. The number of nitrogens with one attached hydrogen (secondary N) is 1. The summed E-state index contributed by atoms with van der Waals surface area (Å²) in [6.45, 7) is 4.94. The number of sulfonamides is 1. The number of rotatable bonds is 6. The Labute approximate surface area is 192 Å². The fourth-order valence-corrected chi connectivity index (χ4v) is 5.66. The van der Waals surface area contributed by atoms with Crippen molar-refractivity contribution in [3.63, 3.8) is 0 Å². The van der Waals surface area contributed by atoms with Crippen molar-refractivity contribution in [3.8, 4) is 5.75 Å². The highest BCUT2D eigenvalue weighted by atomic mass is 35.5. The van der Waals surface area contributed by atoms with Gasteiger partial charge in [0.2, 0.25) is 10.0 Å². The molecule has 32 heavy (non-hydrogen) atoms. The Balaban J connectivity index is 1.69. The second-order valence-corrected chi connectivity index (χ2v) is 10.0. The van der Waals surface area contributed by atoms with E-state index < -0.39 is 15.9 Å². The van der Waals surface area contributed by atoms with Crippen molar-refractivity contribution in [2.24, 2.45) is 0 Å². The Morgan fingerprint density at radius 1 is 1.19 bits per heavy atom. The number of piperidine rings is 1. The summed E-state index contributed by atoms with van der Waals surface area (Å²) < 4.78 is 39.1. The molecule has 0 aliphatic carbocycles. The monoisotopic (exact) mass is 476 g/mol. The molecule has 9 heteroatoms.